The topological polar surface area (TPSA) is 87.7 Å². The van der Waals surface area contributed by atoms with Crippen molar-refractivity contribution < 1.29 is 19.1 Å². The first-order valence-electron chi connectivity index (χ1n) is 10.6. The number of likely N-dealkylation sites (tertiary alicyclic amines) is 1. The fraction of sp³-hybridized carbons (Fsp3) is 0.375. The normalized spacial score (nSPS) is 15.0. The zero-order chi connectivity index (χ0) is 23.1. The number of para-hydroxylation sites is 1. The monoisotopic (exact) mass is 457 g/mol. The van der Waals surface area contributed by atoms with Crippen LogP contribution in [-0.4, -0.2) is 54.9 Å². The summed E-state index contributed by atoms with van der Waals surface area (Å²) in [6.07, 6.45) is 1.60. The predicted molar refractivity (Wildman–Crippen MR) is 123 cm³/mol. The minimum absolute atomic E-state index is 0.0652. The number of hydrogen-bond donors (Lipinski definition) is 2. The molecule has 2 aromatic carbocycles. The molecular formula is C24H28ClN3O4. The second kappa shape index (κ2) is 11.0. The first-order chi connectivity index (χ1) is 15.4. The van der Waals surface area contributed by atoms with E-state index in [4.69, 9.17) is 16.3 Å². The third-order valence-electron chi connectivity index (χ3n) is 5.51. The Bertz CT molecular complexity index is 973. The highest BCUT2D eigenvalue weighted by Crippen LogP contribution is 2.20. The van der Waals surface area contributed by atoms with Gasteiger partial charge in [-0.2, -0.15) is 0 Å². The number of methoxy groups -OCH3 is 1. The summed E-state index contributed by atoms with van der Waals surface area (Å²) in [6.45, 7) is 2.46. The number of halogens is 1. The number of amides is 3. The predicted octanol–water partition coefficient (Wildman–Crippen LogP) is 2.82. The summed E-state index contributed by atoms with van der Waals surface area (Å²) < 4.78 is 5.37. The summed E-state index contributed by atoms with van der Waals surface area (Å²) in [7, 11) is 1.57. The van der Waals surface area contributed by atoms with Crippen LogP contribution in [0.2, 0.25) is 5.02 Å². The number of benzene rings is 2. The van der Waals surface area contributed by atoms with Crippen LogP contribution in [0.4, 0.5) is 0 Å². The molecule has 0 unspecified atom stereocenters. The molecule has 7 nitrogen and oxygen atoms in total. The molecule has 1 fully saturated rings. The maximum atomic E-state index is 13.0. The molecule has 2 N–H and O–H groups in total. The molecule has 1 saturated heterocycles. The lowest BCUT2D eigenvalue weighted by Crippen LogP contribution is -2.53. The minimum Gasteiger partial charge on any atom is -0.496 e. The van der Waals surface area contributed by atoms with Crippen molar-refractivity contribution in [1.82, 2.24) is 15.5 Å². The van der Waals surface area contributed by atoms with Crippen LogP contribution in [0, 0.1) is 0 Å². The lowest BCUT2D eigenvalue weighted by molar-refractivity contribution is -0.128. The number of carbonyl (C=O) groups excluding carboxylic acids is 3. The molecule has 3 rings (SSSR count). The third-order valence-corrected chi connectivity index (χ3v) is 5.75. The average molecular weight is 458 g/mol. The first-order valence-corrected chi connectivity index (χ1v) is 11.0. The molecule has 1 atom stereocenters. The summed E-state index contributed by atoms with van der Waals surface area (Å²) in [4.78, 5) is 39.1. The van der Waals surface area contributed by atoms with Gasteiger partial charge in [0, 0.05) is 43.1 Å². The van der Waals surface area contributed by atoms with E-state index in [1.165, 1.54) is 6.92 Å². The Morgan fingerprint density at radius 1 is 1.12 bits per heavy atom. The van der Waals surface area contributed by atoms with Crippen LogP contribution in [0.15, 0.2) is 48.5 Å². The van der Waals surface area contributed by atoms with Crippen molar-refractivity contribution in [3.8, 4) is 5.75 Å². The molecule has 2 aromatic rings. The van der Waals surface area contributed by atoms with Crippen LogP contribution in [-0.2, 0) is 16.0 Å². The van der Waals surface area contributed by atoms with Gasteiger partial charge in [0.05, 0.1) is 7.11 Å². The van der Waals surface area contributed by atoms with Gasteiger partial charge in [0.2, 0.25) is 11.8 Å². The Morgan fingerprint density at radius 3 is 2.50 bits per heavy atom. The van der Waals surface area contributed by atoms with E-state index < -0.39 is 6.04 Å². The molecule has 0 aliphatic carbocycles. The summed E-state index contributed by atoms with van der Waals surface area (Å²) >= 11 is 5.99. The second-order valence-corrected chi connectivity index (χ2v) is 8.29. The van der Waals surface area contributed by atoms with Crippen molar-refractivity contribution in [1.29, 1.82) is 0 Å². The average Bonchev–Trinajstić information content (AvgIpc) is 2.78. The minimum atomic E-state index is -0.713. The van der Waals surface area contributed by atoms with Crippen molar-refractivity contribution >= 4 is 29.3 Å². The van der Waals surface area contributed by atoms with Crippen LogP contribution in [0.3, 0.4) is 0 Å². The first kappa shape index (κ1) is 23.6. The summed E-state index contributed by atoms with van der Waals surface area (Å²) in [6, 6.07) is 13.5. The van der Waals surface area contributed by atoms with Gasteiger partial charge in [-0.15, -0.1) is 0 Å². The van der Waals surface area contributed by atoms with E-state index in [2.05, 4.69) is 10.6 Å². The Morgan fingerprint density at radius 2 is 1.84 bits per heavy atom. The second-order valence-electron chi connectivity index (χ2n) is 7.85. The van der Waals surface area contributed by atoms with Gasteiger partial charge in [0.1, 0.15) is 11.8 Å². The summed E-state index contributed by atoms with van der Waals surface area (Å²) in [5.41, 5.74) is 1.40. The number of carbonyl (C=O) groups is 3. The van der Waals surface area contributed by atoms with Gasteiger partial charge < -0.3 is 20.3 Å². The van der Waals surface area contributed by atoms with Crippen molar-refractivity contribution in [2.45, 2.75) is 38.3 Å². The number of piperidine rings is 1. The van der Waals surface area contributed by atoms with Crippen LogP contribution < -0.4 is 15.4 Å². The van der Waals surface area contributed by atoms with Gasteiger partial charge in [-0.1, -0.05) is 35.9 Å². The smallest absolute Gasteiger partial charge is 0.253 e. The Balaban J connectivity index is 1.58. The third kappa shape index (κ3) is 6.23. The maximum absolute atomic E-state index is 13.0. The molecule has 3 amide bonds. The Kier molecular flexibility index (Phi) is 8.11. The molecule has 0 aromatic heterocycles. The van der Waals surface area contributed by atoms with Gasteiger partial charge in [0.15, 0.2) is 0 Å². The zero-order valence-corrected chi connectivity index (χ0v) is 19.0. The van der Waals surface area contributed by atoms with Crippen LogP contribution in [0.5, 0.6) is 5.75 Å². The Labute approximate surface area is 193 Å². The van der Waals surface area contributed by atoms with Gasteiger partial charge in [-0.05, 0) is 42.7 Å². The molecule has 0 saturated carbocycles. The van der Waals surface area contributed by atoms with Crippen molar-refractivity contribution in [3.05, 3.63) is 64.7 Å². The lowest BCUT2D eigenvalue weighted by Gasteiger charge is -2.33. The van der Waals surface area contributed by atoms with Crippen molar-refractivity contribution in [3.63, 3.8) is 0 Å². The van der Waals surface area contributed by atoms with E-state index in [9.17, 15) is 14.4 Å². The maximum Gasteiger partial charge on any atom is 0.253 e. The molecule has 0 spiro atoms. The molecule has 0 radical (unpaired) electrons. The van der Waals surface area contributed by atoms with Gasteiger partial charge in [0.25, 0.3) is 5.91 Å². The van der Waals surface area contributed by atoms with Crippen LogP contribution in [0.1, 0.15) is 35.7 Å². The zero-order valence-electron chi connectivity index (χ0n) is 18.3. The molecule has 1 heterocycles. The lowest BCUT2D eigenvalue weighted by atomic mass is 10.0. The van der Waals surface area contributed by atoms with E-state index in [1.807, 2.05) is 24.3 Å². The molecule has 1 aliphatic rings. The van der Waals surface area contributed by atoms with E-state index in [0.29, 0.717) is 48.7 Å². The Hall–Kier alpha value is -3.06. The number of nitrogens with one attached hydrogen (secondary N) is 2. The molecule has 8 heteroatoms. The summed E-state index contributed by atoms with van der Waals surface area (Å²) in [5, 5.41) is 6.30. The standard InChI is InChI=1S/C24H28ClN3O4/c1-16(29)26-21(15-17-6-3-4-9-22(17)32-2)23(30)27-20-10-12-28(13-11-20)24(31)18-7-5-8-19(25)14-18/h3-9,14,20-21H,10-13,15H2,1-2H3,(H,26,29)(H,27,30)/t21-/m0/s1. The molecule has 0 bridgehead atoms. The van der Waals surface area contributed by atoms with E-state index >= 15 is 0 Å². The number of ether oxygens (including phenoxy) is 1. The van der Waals surface area contributed by atoms with Crippen molar-refractivity contribution in [2.75, 3.05) is 20.2 Å². The summed E-state index contributed by atoms with van der Waals surface area (Å²) in [5.74, 6) is 0.0840. The van der Waals surface area contributed by atoms with Crippen LogP contribution in [0.25, 0.3) is 0 Å². The molecule has 32 heavy (non-hydrogen) atoms. The quantitative estimate of drug-likeness (QED) is 0.669. The van der Waals surface area contributed by atoms with Gasteiger partial charge in [-0.3, -0.25) is 14.4 Å². The fourth-order valence-corrected chi connectivity index (χ4v) is 4.07. The fourth-order valence-electron chi connectivity index (χ4n) is 3.88. The number of rotatable bonds is 7. The van der Waals surface area contributed by atoms with Crippen molar-refractivity contribution in [2.24, 2.45) is 0 Å². The largest absolute Gasteiger partial charge is 0.496 e. The molecule has 1 aliphatic heterocycles. The van der Waals surface area contributed by atoms with E-state index in [0.717, 1.165) is 5.56 Å². The van der Waals surface area contributed by atoms with Gasteiger partial charge >= 0.3 is 0 Å². The molecular weight excluding hydrogens is 430 g/mol. The number of hydrogen-bond acceptors (Lipinski definition) is 4. The van der Waals surface area contributed by atoms with E-state index in [-0.39, 0.29) is 23.8 Å². The van der Waals surface area contributed by atoms with Crippen LogP contribution >= 0.6 is 11.6 Å². The van der Waals surface area contributed by atoms with E-state index in [1.54, 1.807) is 36.3 Å². The SMILES string of the molecule is COc1ccccc1C[C@H](NC(C)=O)C(=O)NC1CCN(C(=O)c2cccc(Cl)c2)CC1. The molecule has 170 valence electrons. The highest BCUT2D eigenvalue weighted by molar-refractivity contribution is 6.30. The number of nitrogens with zero attached hydrogens (tertiary/aromatic N) is 1. The highest BCUT2D eigenvalue weighted by Gasteiger charge is 2.28. The van der Waals surface area contributed by atoms with Gasteiger partial charge in [-0.25, -0.2) is 0 Å². The highest BCUT2D eigenvalue weighted by atomic mass is 35.5.